The average molecular weight is 289 g/mol. The molecule has 2 rings (SSSR count). The molecular formula is C12H17ClN2O2S. The highest BCUT2D eigenvalue weighted by Gasteiger charge is 2.21. The first kappa shape index (κ1) is 13.6. The highest BCUT2D eigenvalue weighted by Crippen LogP contribution is 2.33. The summed E-state index contributed by atoms with van der Waals surface area (Å²) in [4.78, 5) is 0.0878. The molecule has 0 spiro atoms. The van der Waals surface area contributed by atoms with E-state index in [-0.39, 0.29) is 9.92 Å². The van der Waals surface area contributed by atoms with E-state index in [0.29, 0.717) is 12.2 Å². The lowest BCUT2D eigenvalue weighted by Crippen LogP contribution is -2.25. The van der Waals surface area contributed by atoms with Gasteiger partial charge in [-0.3, -0.25) is 0 Å². The van der Waals surface area contributed by atoms with E-state index >= 15 is 0 Å². The molecule has 18 heavy (non-hydrogen) atoms. The third kappa shape index (κ3) is 3.60. The topological polar surface area (TPSA) is 72.2 Å². The van der Waals surface area contributed by atoms with Crippen LogP contribution in [-0.2, 0) is 10.0 Å². The number of nitrogens with two attached hydrogens (primary N) is 1. The highest BCUT2D eigenvalue weighted by molar-refractivity contribution is 7.89. The zero-order valence-corrected chi connectivity index (χ0v) is 11.6. The van der Waals surface area contributed by atoms with Crippen LogP contribution >= 0.6 is 11.6 Å². The fraction of sp³-hybridized carbons (Fsp3) is 0.500. The van der Waals surface area contributed by atoms with Crippen molar-refractivity contribution in [1.29, 1.82) is 0 Å². The van der Waals surface area contributed by atoms with E-state index in [0.717, 1.165) is 18.8 Å². The van der Waals surface area contributed by atoms with Crippen LogP contribution in [0.3, 0.4) is 0 Å². The Hall–Kier alpha value is -0.780. The summed E-state index contributed by atoms with van der Waals surface area (Å²) in [7, 11) is -3.52. The molecule has 0 radical (unpaired) electrons. The first-order valence-corrected chi connectivity index (χ1v) is 7.90. The van der Waals surface area contributed by atoms with E-state index in [1.54, 1.807) is 0 Å². The molecule has 0 amide bonds. The molecule has 0 aliphatic heterocycles. The van der Waals surface area contributed by atoms with Crippen molar-refractivity contribution < 1.29 is 8.42 Å². The summed E-state index contributed by atoms with van der Waals surface area (Å²) in [6.07, 6.45) is 4.54. The molecule has 1 fully saturated rings. The monoisotopic (exact) mass is 288 g/mol. The summed E-state index contributed by atoms with van der Waals surface area (Å²) in [6.45, 7) is 0.458. The second-order valence-electron chi connectivity index (χ2n) is 4.67. The van der Waals surface area contributed by atoms with E-state index in [4.69, 9.17) is 17.3 Å². The van der Waals surface area contributed by atoms with Crippen LogP contribution < -0.4 is 10.5 Å². The van der Waals surface area contributed by atoms with Crippen LogP contribution in [0.25, 0.3) is 0 Å². The molecule has 1 aromatic carbocycles. The van der Waals surface area contributed by atoms with Crippen molar-refractivity contribution in [2.24, 2.45) is 5.92 Å². The van der Waals surface area contributed by atoms with E-state index in [9.17, 15) is 8.42 Å². The van der Waals surface area contributed by atoms with Crippen LogP contribution in [0.2, 0.25) is 5.02 Å². The number of benzene rings is 1. The van der Waals surface area contributed by atoms with Crippen LogP contribution in [0.1, 0.15) is 25.7 Å². The number of hydrogen-bond acceptors (Lipinski definition) is 3. The maximum absolute atomic E-state index is 12.0. The molecule has 1 aliphatic rings. The number of sulfonamides is 1. The number of halogens is 1. The summed E-state index contributed by atoms with van der Waals surface area (Å²) in [5.74, 6) is 0.814. The molecule has 0 saturated heterocycles. The van der Waals surface area contributed by atoms with Gasteiger partial charge in [0.25, 0.3) is 0 Å². The number of nitrogens with one attached hydrogen (secondary N) is 1. The Balaban J connectivity index is 1.95. The van der Waals surface area contributed by atoms with Crippen molar-refractivity contribution >= 4 is 27.3 Å². The molecule has 3 N–H and O–H groups in total. The maximum atomic E-state index is 12.0. The van der Waals surface area contributed by atoms with Crippen LogP contribution in [0.5, 0.6) is 0 Å². The number of nitrogen functional groups attached to an aromatic ring is 1. The Morgan fingerprint density at radius 2 is 2.11 bits per heavy atom. The van der Waals surface area contributed by atoms with E-state index < -0.39 is 10.0 Å². The summed E-state index contributed by atoms with van der Waals surface area (Å²) >= 11 is 5.89. The molecule has 1 aromatic rings. The molecule has 100 valence electrons. The summed E-state index contributed by atoms with van der Waals surface area (Å²) in [5.41, 5.74) is 5.98. The van der Waals surface area contributed by atoms with E-state index in [1.165, 1.54) is 31.0 Å². The van der Waals surface area contributed by atoms with Crippen molar-refractivity contribution in [3.05, 3.63) is 23.2 Å². The van der Waals surface area contributed by atoms with Gasteiger partial charge in [0, 0.05) is 12.2 Å². The van der Waals surface area contributed by atoms with Crippen LogP contribution in [0, 0.1) is 5.92 Å². The van der Waals surface area contributed by atoms with Gasteiger partial charge < -0.3 is 5.73 Å². The molecule has 6 heteroatoms. The Kier molecular flexibility index (Phi) is 4.14. The van der Waals surface area contributed by atoms with E-state index in [2.05, 4.69) is 4.72 Å². The molecule has 0 aromatic heterocycles. The lowest BCUT2D eigenvalue weighted by molar-refractivity contribution is 0.572. The number of hydrogen-bond donors (Lipinski definition) is 2. The molecule has 0 bridgehead atoms. The third-order valence-electron chi connectivity index (χ3n) is 3.02. The second-order valence-corrected chi connectivity index (χ2v) is 6.82. The molecule has 0 heterocycles. The highest BCUT2D eigenvalue weighted by atomic mass is 35.5. The Morgan fingerprint density at radius 3 is 2.72 bits per heavy atom. The fourth-order valence-corrected chi connectivity index (χ4v) is 3.44. The van der Waals surface area contributed by atoms with Gasteiger partial charge in [0.2, 0.25) is 10.0 Å². The second kappa shape index (κ2) is 5.47. The zero-order chi connectivity index (χ0) is 13.2. The van der Waals surface area contributed by atoms with Crippen LogP contribution in [-0.4, -0.2) is 15.0 Å². The van der Waals surface area contributed by atoms with Gasteiger partial charge in [-0.2, -0.15) is 0 Å². The summed E-state index contributed by atoms with van der Waals surface area (Å²) < 4.78 is 26.5. The minimum absolute atomic E-state index is 0.0878. The lowest BCUT2D eigenvalue weighted by Gasteiger charge is -2.08. The summed E-state index contributed by atoms with van der Waals surface area (Å²) in [6, 6.07) is 4.41. The van der Waals surface area contributed by atoms with Crippen LogP contribution in [0.15, 0.2) is 23.1 Å². The van der Waals surface area contributed by atoms with Gasteiger partial charge in [-0.15, -0.1) is 0 Å². The predicted molar refractivity (Wildman–Crippen MR) is 73.0 cm³/mol. The van der Waals surface area contributed by atoms with Gasteiger partial charge >= 0.3 is 0 Å². The van der Waals surface area contributed by atoms with Crippen molar-refractivity contribution in [2.75, 3.05) is 12.3 Å². The van der Waals surface area contributed by atoms with Gasteiger partial charge in [-0.1, -0.05) is 24.4 Å². The predicted octanol–water partition coefficient (Wildman–Crippen LogP) is 2.39. The van der Waals surface area contributed by atoms with Crippen LogP contribution in [0.4, 0.5) is 5.69 Å². The standard InChI is InChI=1S/C12H17ClN2O2S/c13-11-8-10(14)5-6-12(11)18(16,17)15-7-1-2-9-3-4-9/h5-6,8-9,15H,1-4,7,14H2. The molecular weight excluding hydrogens is 272 g/mol. The quantitative estimate of drug-likeness (QED) is 0.623. The maximum Gasteiger partial charge on any atom is 0.242 e. The van der Waals surface area contributed by atoms with Crippen molar-refractivity contribution in [2.45, 2.75) is 30.6 Å². The fourth-order valence-electron chi connectivity index (χ4n) is 1.82. The normalized spacial score (nSPS) is 15.8. The van der Waals surface area contributed by atoms with Crippen molar-refractivity contribution in [3.8, 4) is 0 Å². The van der Waals surface area contributed by atoms with Crippen molar-refractivity contribution in [1.82, 2.24) is 4.72 Å². The SMILES string of the molecule is Nc1ccc(S(=O)(=O)NCCCC2CC2)c(Cl)c1. The first-order chi connectivity index (χ1) is 8.49. The Bertz CT molecular complexity index is 527. The smallest absolute Gasteiger partial charge is 0.242 e. The van der Waals surface area contributed by atoms with Gasteiger partial charge in [-0.05, 0) is 37.0 Å². The van der Waals surface area contributed by atoms with Gasteiger partial charge in [0.15, 0.2) is 0 Å². The molecule has 1 aliphatic carbocycles. The third-order valence-corrected chi connectivity index (χ3v) is 4.97. The Morgan fingerprint density at radius 1 is 1.39 bits per heavy atom. The zero-order valence-electron chi connectivity index (χ0n) is 10.0. The first-order valence-electron chi connectivity index (χ1n) is 6.04. The molecule has 0 unspecified atom stereocenters. The van der Waals surface area contributed by atoms with Gasteiger partial charge in [0.05, 0.1) is 5.02 Å². The molecule has 1 saturated carbocycles. The molecule has 0 atom stereocenters. The largest absolute Gasteiger partial charge is 0.399 e. The number of rotatable bonds is 6. The number of anilines is 1. The summed E-state index contributed by atoms with van der Waals surface area (Å²) in [5, 5.41) is 0.157. The van der Waals surface area contributed by atoms with Crippen molar-refractivity contribution in [3.63, 3.8) is 0 Å². The Labute approximate surface area is 113 Å². The lowest BCUT2D eigenvalue weighted by atomic mass is 10.2. The average Bonchev–Trinajstić information content (AvgIpc) is 3.07. The minimum Gasteiger partial charge on any atom is -0.399 e. The van der Waals surface area contributed by atoms with Gasteiger partial charge in [0.1, 0.15) is 4.90 Å². The molecule has 4 nitrogen and oxygen atoms in total. The minimum atomic E-state index is -3.52. The van der Waals surface area contributed by atoms with E-state index in [1.807, 2.05) is 0 Å². The van der Waals surface area contributed by atoms with Gasteiger partial charge in [-0.25, -0.2) is 13.1 Å².